The summed E-state index contributed by atoms with van der Waals surface area (Å²) in [6, 6.07) is 13.0. The zero-order valence-electron chi connectivity index (χ0n) is 9.67. The van der Waals surface area contributed by atoms with Gasteiger partial charge in [-0.3, -0.25) is 0 Å². The Labute approximate surface area is 104 Å². The quantitative estimate of drug-likeness (QED) is 0.711. The first-order valence-electron chi connectivity index (χ1n) is 5.70. The fourth-order valence-corrected chi connectivity index (χ4v) is 2.11. The molecule has 90 valence electrons. The number of rotatable bonds is 0. The number of benzene rings is 2. The van der Waals surface area contributed by atoms with Crippen molar-refractivity contribution >= 4 is 0 Å². The number of hydrogen-bond acceptors (Lipinski definition) is 4. The third-order valence-electron chi connectivity index (χ3n) is 2.96. The second-order valence-electron chi connectivity index (χ2n) is 4.26. The number of fused-ring (bicyclic) bond motifs is 2. The third kappa shape index (κ3) is 1.20. The summed E-state index contributed by atoms with van der Waals surface area (Å²) in [6.07, 6.45) is -1.50. The molecular formula is C14H10O4. The van der Waals surface area contributed by atoms with Crippen LogP contribution in [-0.4, -0.2) is 6.16 Å². The minimum Gasteiger partial charge on any atom is -0.382 e. The van der Waals surface area contributed by atoms with Crippen LogP contribution >= 0.6 is 0 Å². The highest BCUT2D eigenvalue weighted by Gasteiger charge is 2.54. The van der Waals surface area contributed by atoms with Crippen molar-refractivity contribution in [1.29, 1.82) is 0 Å². The number of hydrogen-bond donors (Lipinski definition) is 0. The smallest absolute Gasteiger partial charge is 0.382 e. The molecule has 0 radical (unpaired) electrons. The number of para-hydroxylation sites is 3. The van der Waals surface area contributed by atoms with Crippen molar-refractivity contribution in [2.45, 2.75) is 13.1 Å². The van der Waals surface area contributed by atoms with E-state index in [0.29, 0.717) is 23.0 Å². The molecule has 4 rings (SSSR count). The van der Waals surface area contributed by atoms with E-state index in [4.69, 9.17) is 18.9 Å². The summed E-state index contributed by atoms with van der Waals surface area (Å²) in [6.45, 7) is 1.95. The molecule has 0 saturated heterocycles. The lowest BCUT2D eigenvalue weighted by molar-refractivity contribution is -0.330. The van der Waals surface area contributed by atoms with Crippen molar-refractivity contribution in [2.75, 3.05) is 0 Å². The number of aryl methyl sites for hydroxylation is 1. The van der Waals surface area contributed by atoms with E-state index in [1.165, 1.54) is 0 Å². The van der Waals surface area contributed by atoms with Crippen molar-refractivity contribution in [1.82, 2.24) is 0 Å². The first-order chi connectivity index (χ1) is 8.76. The van der Waals surface area contributed by atoms with Gasteiger partial charge < -0.3 is 18.9 Å². The van der Waals surface area contributed by atoms with Crippen molar-refractivity contribution < 1.29 is 18.9 Å². The molecule has 2 aromatic carbocycles. The first-order valence-corrected chi connectivity index (χ1v) is 5.70. The van der Waals surface area contributed by atoms with Crippen LogP contribution in [0, 0.1) is 6.92 Å². The Bertz CT molecular complexity index is 610. The summed E-state index contributed by atoms with van der Waals surface area (Å²) < 4.78 is 22.6. The summed E-state index contributed by atoms with van der Waals surface area (Å²) in [7, 11) is 0. The lowest BCUT2D eigenvalue weighted by Gasteiger charge is -2.17. The van der Waals surface area contributed by atoms with E-state index in [2.05, 4.69) is 0 Å². The summed E-state index contributed by atoms with van der Waals surface area (Å²) in [5.41, 5.74) is 0.979. The van der Waals surface area contributed by atoms with Gasteiger partial charge in [0.2, 0.25) is 0 Å². The Balaban J connectivity index is 1.74. The van der Waals surface area contributed by atoms with Crippen LogP contribution in [0.4, 0.5) is 0 Å². The van der Waals surface area contributed by atoms with E-state index in [9.17, 15) is 0 Å². The second kappa shape index (κ2) is 3.10. The minimum atomic E-state index is -1.50. The summed E-state index contributed by atoms with van der Waals surface area (Å²) in [5, 5.41) is 0. The Morgan fingerprint density at radius 2 is 1.33 bits per heavy atom. The Kier molecular flexibility index (Phi) is 1.66. The monoisotopic (exact) mass is 242 g/mol. The molecule has 0 bridgehead atoms. The van der Waals surface area contributed by atoms with Crippen LogP contribution in [0.5, 0.6) is 23.0 Å². The number of ether oxygens (including phenoxy) is 4. The van der Waals surface area contributed by atoms with E-state index in [0.717, 1.165) is 5.56 Å². The van der Waals surface area contributed by atoms with Gasteiger partial charge in [0.1, 0.15) is 0 Å². The highest BCUT2D eigenvalue weighted by atomic mass is 17.0. The second-order valence-corrected chi connectivity index (χ2v) is 4.26. The van der Waals surface area contributed by atoms with Crippen molar-refractivity contribution in [2.24, 2.45) is 0 Å². The maximum absolute atomic E-state index is 5.70. The third-order valence-corrected chi connectivity index (χ3v) is 2.96. The molecule has 4 nitrogen and oxygen atoms in total. The van der Waals surface area contributed by atoms with E-state index < -0.39 is 6.16 Å². The molecule has 2 aromatic rings. The highest BCUT2D eigenvalue weighted by molar-refractivity contribution is 5.50. The van der Waals surface area contributed by atoms with Gasteiger partial charge in [-0.05, 0) is 30.7 Å². The van der Waals surface area contributed by atoms with Crippen LogP contribution in [-0.2, 0) is 0 Å². The normalized spacial score (nSPS) is 17.2. The van der Waals surface area contributed by atoms with E-state index in [1.54, 1.807) is 0 Å². The van der Waals surface area contributed by atoms with Gasteiger partial charge in [-0.15, -0.1) is 0 Å². The van der Waals surface area contributed by atoms with Crippen LogP contribution in [0.25, 0.3) is 0 Å². The molecule has 2 heterocycles. The zero-order valence-corrected chi connectivity index (χ0v) is 9.67. The van der Waals surface area contributed by atoms with Crippen LogP contribution < -0.4 is 18.9 Å². The summed E-state index contributed by atoms with van der Waals surface area (Å²) in [5.74, 6) is 2.51. The van der Waals surface area contributed by atoms with Gasteiger partial charge in [-0.2, -0.15) is 0 Å². The van der Waals surface area contributed by atoms with Crippen LogP contribution in [0.2, 0.25) is 0 Å². The highest BCUT2D eigenvalue weighted by Crippen LogP contribution is 2.48. The van der Waals surface area contributed by atoms with Crippen LogP contribution in [0.3, 0.4) is 0 Å². The maximum Gasteiger partial charge on any atom is 0.611 e. The van der Waals surface area contributed by atoms with E-state index in [-0.39, 0.29) is 0 Å². The Morgan fingerprint density at radius 1 is 0.722 bits per heavy atom. The molecule has 0 N–H and O–H groups in total. The maximum atomic E-state index is 5.70. The lowest BCUT2D eigenvalue weighted by atomic mass is 10.2. The molecule has 0 aliphatic carbocycles. The molecular weight excluding hydrogens is 232 g/mol. The molecule has 2 aliphatic rings. The van der Waals surface area contributed by atoms with E-state index in [1.807, 2.05) is 49.4 Å². The minimum absolute atomic E-state index is 0.614. The molecule has 0 atom stereocenters. The van der Waals surface area contributed by atoms with Crippen molar-refractivity contribution in [3.8, 4) is 23.0 Å². The van der Waals surface area contributed by atoms with Crippen molar-refractivity contribution in [3.63, 3.8) is 0 Å². The Morgan fingerprint density at radius 3 is 2.00 bits per heavy atom. The fourth-order valence-electron chi connectivity index (χ4n) is 2.11. The molecule has 0 saturated carbocycles. The topological polar surface area (TPSA) is 36.9 Å². The van der Waals surface area contributed by atoms with Crippen LogP contribution in [0.15, 0.2) is 42.5 Å². The van der Waals surface area contributed by atoms with Gasteiger partial charge in [0.25, 0.3) is 0 Å². The average Bonchev–Trinajstić information content (AvgIpc) is 2.89. The van der Waals surface area contributed by atoms with E-state index >= 15 is 0 Å². The molecule has 0 unspecified atom stereocenters. The molecule has 18 heavy (non-hydrogen) atoms. The van der Waals surface area contributed by atoms with Gasteiger partial charge >= 0.3 is 6.16 Å². The predicted molar refractivity (Wildman–Crippen MR) is 62.9 cm³/mol. The average molecular weight is 242 g/mol. The van der Waals surface area contributed by atoms with Gasteiger partial charge in [0.15, 0.2) is 23.0 Å². The molecule has 0 amide bonds. The lowest BCUT2D eigenvalue weighted by Crippen LogP contribution is -2.47. The Hall–Kier alpha value is -2.36. The fraction of sp³-hybridized carbons (Fsp3) is 0.143. The largest absolute Gasteiger partial charge is 0.611 e. The molecule has 2 aliphatic heterocycles. The van der Waals surface area contributed by atoms with Gasteiger partial charge in [-0.25, -0.2) is 0 Å². The molecule has 0 fully saturated rings. The summed E-state index contributed by atoms with van der Waals surface area (Å²) >= 11 is 0. The predicted octanol–water partition coefficient (Wildman–Crippen LogP) is 2.85. The van der Waals surface area contributed by atoms with Crippen molar-refractivity contribution in [3.05, 3.63) is 48.0 Å². The first kappa shape index (κ1) is 9.65. The zero-order chi connectivity index (χ0) is 12.2. The SMILES string of the molecule is Cc1cccc2c1OC1(Oc3ccccc3O1)O2. The molecule has 1 spiro atoms. The van der Waals surface area contributed by atoms with Crippen LogP contribution in [0.1, 0.15) is 5.56 Å². The standard InChI is InChI=1S/C14H10O4/c1-9-5-4-8-12-13(9)18-14(17-12)15-10-6-2-3-7-11(10)16-14/h2-8H,1H3. The van der Waals surface area contributed by atoms with Gasteiger partial charge in [-0.1, -0.05) is 24.3 Å². The van der Waals surface area contributed by atoms with Gasteiger partial charge in [0.05, 0.1) is 0 Å². The summed E-state index contributed by atoms with van der Waals surface area (Å²) in [4.78, 5) is 0. The van der Waals surface area contributed by atoms with Gasteiger partial charge in [0, 0.05) is 0 Å². The molecule has 0 aromatic heterocycles. The molecule has 4 heteroatoms.